The molecule has 1 aliphatic heterocycles. The molecule has 0 bridgehead atoms. The lowest BCUT2D eigenvalue weighted by Gasteiger charge is -2.27. The molecular weight excluding hydrogens is 295 g/mol. The lowest BCUT2D eigenvalue weighted by Crippen LogP contribution is -2.36. The second-order valence-corrected chi connectivity index (χ2v) is 5.47. The summed E-state index contributed by atoms with van der Waals surface area (Å²) in [7, 11) is 0. The van der Waals surface area contributed by atoms with E-state index in [0.717, 1.165) is 43.2 Å². The van der Waals surface area contributed by atoms with Crippen LogP contribution in [0.5, 0.6) is 0 Å². The van der Waals surface area contributed by atoms with Crippen molar-refractivity contribution in [1.82, 2.24) is 4.98 Å². The second kappa shape index (κ2) is 6.00. The van der Waals surface area contributed by atoms with Crippen molar-refractivity contribution in [3.05, 3.63) is 46.6 Å². The minimum atomic E-state index is 0.668. The van der Waals surface area contributed by atoms with E-state index < -0.39 is 0 Å². The van der Waals surface area contributed by atoms with Gasteiger partial charge >= 0.3 is 0 Å². The van der Waals surface area contributed by atoms with Gasteiger partial charge in [-0.1, -0.05) is 23.2 Å². The summed E-state index contributed by atoms with van der Waals surface area (Å²) in [4.78, 5) is 6.73. The Hall–Kier alpha value is -1.29. The third kappa shape index (κ3) is 2.90. The lowest BCUT2D eigenvalue weighted by atomic mass is 10.1. The van der Waals surface area contributed by atoms with Crippen LogP contribution in [-0.2, 0) is 4.74 Å². The summed E-state index contributed by atoms with van der Waals surface area (Å²) in [6.45, 7) is 3.27. The number of hydrogen-bond acceptors (Lipinski definition) is 3. The Bertz CT molecular complexity index is 595. The van der Waals surface area contributed by atoms with Gasteiger partial charge in [-0.3, -0.25) is 0 Å². The van der Waals surface area contributed by atoms with Gasteiger partial charge in [-0.15, -0.1) is 0 Å². The Morgan fingerprint density at radius 2 is 1.85 bits per heavy atom. The summed E-state index contributed by atoms with van der Waals surface area (Å²) in [6.07, 6.45) is 1.84. The van der Waals surface area contributed by atoms with Crippen LogP contribution in [-0.4, -0.2) is 31.3 Å². The molecule has 2 aromatic rings. The maximum absolute atomic E-state index is 6.21. The first-order valence-corrected chi connectivity index (χ1v) is 7.24. The maximum Gasteiger partial charge on any atom is 0.128 e. The monoisotopic (exact) mass is 308 g/mol. The van der Waals surface area contributed by atoms with Gasteiger partial charge in [0.2, 0.25) is 0 Å². The molecule has 0 saturated carbocycles. The minimum Gasteiger partial charge on any atom is -0.378 e. The number of pyridine rings is 1. The molecular formula is C15H14Cl2N2O. The molecule has 1 saturated heterocycles. The van der Waals surface area contributed by atoms with Gasteiger partial charge in [0.25, 0.3) is 0 Å². The Morgan fingerprint density at radius 1 is 1.05 bits per heavy atom. The predicted octanol–water partition coefficient (Wildman–Crippen LogP) is 3.89. The molecule has 0 spiro atoms. The quantitative estimate of drug-likeness (QED) is 0.841. The fourth-order valence-corrected chi connectivity index (χ4v) is 2.64. The number of morpholine rings is 1. The third-order valence-corrected chi connectivity index (χ3v) is 3.89. The molecule has 1 aliphatic rings. The highest BCUT2D eigenvalue weighted by Crippen LogP contribution is 2.30. The van der Waals surface area contributed by atoms with E-state index in [0.29, 0.717) is 10.0 Å². The van der Waals surface area contributed by atoms with Gasteiger partial charge in [0.05, 0.1) is 13.2 Å². The molecule has 3 rings (SSSR count). The third-order valence-electron chi connectivity index (χ3n) is 3.32. The van der Waals surface area contributed by atoms with E-state index in [9.17, 15) is 0 Å². The Morgan fingerprint density at radius 3 is 2.55 bits per heavy atom. The molecule has 0 N–H and O–H groups in total. The molecule has 0 amide bonds. The molecule has 1 fully saturated rings. The first-order valence-electron chi connectivity index (χ1n) is 6.48. The van der Waals surface area contributed by atoms with Crippen molar-refractivity contribution >= 4 is 29.0 Å². The van der Waals surface area contributed by atoms with E-state index >= 15 is 0 Å². The number of nitrogens with zero attached hydrogens (tertiary/aromatic N) is 2. The summed E-state index contributed by atoms with van der Waals surface area (Å²) >= 11 is 12.2. The number of ether oxygens (including phenoxy) is 1. The largest absolute Gasteiger partial charge is 0.378 e. The first kappa shape index (κ1) is 13.7. The van der Waals surface area contributed by atoms with E-state index in [2.05, 4.69) is 9.88 Å². The van der Waals surface area contributed by atoms with Crippen LogP contribution in [0.1, 0.15) is 0 Å². The number of anilines is 1. The van der Waals surface area contributed by atoms with Crippen molar-refractivity contribution in [3.8, 4) is 11.1 Å². The smallest absolute Gasteiger partial charge is 0.128 e. The fourth-order valence-electron chi connectivity index (χ4n) is 2.24. The summed E-state index contributed by atoms with van der Waals surface area (Å²) in [6, 6.07) is 9.47. The van der Waals surface area contributed by atoms with Crippen molar-refractivity contribution in [2.24, 2.45) is 0 Å². The Labute approximate surface area is 128 Å². The molecule has 3 nitrogen and oxygen atoms in total. The van der Waals surface area contributed by atoms with E-state index in [1.165, 1.54) is 0 Å². The van der Waals surface area contributed by atoms with Gasteiger partial charge in [-0.2, -0.15) is 0 Å². The highest BCUT2D eigenvalue weighted by molar-refractivity contribution is 6.35. The second-order valence-electron chi connectivity index (χ2n) is 4.63. The van der Waals surface area contributed by atoms with Crippen LogP contribution in [0.4, 0.5) is 5.82 Å². The van der Waals surface area contributed by atoms with Crippen LogP contribution in [0, 0.1) is 0 Å². The highest BCUT2D eigenvalue weighted by Gasteiger charge is 2.12. The summed E-state index contributed by atoms with van der Waals surface area (Å²) in [5, 5.41) is 1.34. The number of benzene rings is 1. The number of halogens is 2. The van der Waals surface area contributed by atoms with Crippen molar-refractivity contribution in [1.29, 1.82) is 0 Å². The zero-order valence-corrected chi connectivity index (χ0v) is 12.4. The van der Waals surface area contributed by atoms with Gasteiger partial charge in [0, 0.05) is 40.5 Å². The molecule has 0 aliphatic carbocycles. The van der Waals surface area contributed by atoms with Crippen molar-refractivity contribution in [2.45, 2.75) is 0 Å². The molecule has 0 atom stereocenters. The van der Waals surface area contributed by atoms with E-state index in [4.69, 9.17) is 27.9 Å². The average Bonchev–Trinajstić information content (AvgIpc) is 2.51. The maximum atomic E-state index is 6.21. The van der Waals surface area contributed by atoms with Crippen LogP contribution in [0.2, 0.25) is 10.0 Å². The number of hydrogen-bond donors (Lipinski definition) is 0. The fraction of sp³-hybridized carbons (Fsp3) is 0.267. The van der Waals surface area contributed by atoms with E-state index in [1.54, 1.807) is 12.1 Å². The molecule has 20 heavy (non-hydrogen) atoms. The molecule has 2 heterocycles. The van der Waals surface area contributed by atoms with E-state index in [-0.39, 0.29) is 0 Å². The summed E-state index contributed by atoms with van der Waals surface area (Å²) in [5.41, 5.74) is 1.87. The molecule has 1 aromatic heterocycles. The van der Waals surface area contributed by atoms with Crippen molar-refractivity contribution in [3.63, 3.8) is 0 Å². The van der Waals surface area contributed by atoms with Crippen LogP contribution in [0.15, 0.2) is 36.5 Å². The van der Waals surface area contributed by atoms with Gasteiger partial charge in [0.1, 0.15) is 5.82 Å². The first-order chi connectivity index (χ1) is 9.74. The molecule has 5 heteroatoms. The minimum absolute atomic E-state index is 0.668. The standard InChI is InChI=1S/C15H14Cl2N2O/c16-12-2-3-14(17)13(9-12)11-1-4-15(18-10-11)19-5-7-20-8-6-19/h1-4,9-10H,5-8H2. The normalized spacial score (nSPS) is 15.4. The topological polar surface area (TPSA) is 25.4 Å². The van der Waals surface area contributed by atoms with E-state index in [1.807, 2.05) is 24.4 Å². The molecule has 0 radical (unpaired) electrons. The SMILES string of the molecule is Clc1ccc(Cl)c(-c2ccc(N3CCOCC3)nc2)c1. The van der Waals surface area contributed by atoms with Gasteiger partial charge in [-0.05, 0) is 30.3 Å². The Kier molecular flexibility index (Phi) is 4.10. The zero-order valence-electron chi connectivity index (χ0n) is 10.9. The van der Waals surface area contributed by atoms with Gasteiger partial charge < -0.3 is 9.64 Å². The summed E-state index contributed by atoms with van der Waals surface area (Å²) in [5.74, 6) is 0.968. The van der Waals surface area contributed by atoms with Crippen LogP contribution in [0.3, 0.4) is 0 Å². The lowest BCUT2D eigenvalue weighted by molar-refractivity contribution is 0.122. The summed E-state index contributed by atoms with van der Waals surface area (Å²) < 4.78 is 5.34. The van der Waals surface area contributed by atoms with Crippen LogP contribution < -0.4 is 4.90 Å². The van der Waals surface area contributed by atoms with Gasteiger partial charge in [0.15, 0.2) is 0 Å². The zero-order chi connectivity index (χ0) is 13.9. The van der Waals surface area contributed by atoms with Crippen molar-refractivity contribution in [2.75, 3.05) is 31.2 Å². The van der Waals surface area contributed by atoms with Crippen LogP contribution in [0.25, 0.3) is 11.1 Å². The van der Waals surface area contributed by atoms with Gasteiger partial charge in [-0.25, -0.2) is 4.98 Å². The van der Waals surface area contributed by atoms with Crippen molar-refractivity contribution < 1.29 is 4.74 Å². The average molecular weight is 309 g/mol. The number of rotatable bonds is 2. The molecule has 1 aromatic carbocycles. The Balaban J connectivity index is 1.87. The highest BCUT2D eigenvalue weighted by atomic mass is 35.5. The predicted molar refractivity (Wildman–Crippen MR) is 82.7 cm³/mol. The number of aromatic nitrogens is 1. The molecule has 0 unspecified atom stereocenters. The molecule has 104 valence electrons. The van der Waals surface area contributed by atoms with Crippen LogP contribution >= 0.6 is 23.2 Å².